The van der Waals surface area contributed by atoms with Gasteiger partial charge in [0, 0.05) is 10.5 Å². The minimum absolute atomic E-state index is 0.179. The van der Waals surface area contributed by atoms with Crippen molar-refractivity contribution in [3.05, 3.63) is 24.3 Å². The summed E-state index contributed by atoms with van der Waals surface area (Å²) in [5, 5.41) is 9.70. The normalized spacial score (nSPS) is 14.1. The lowest BCUT2D eigenvalue weighted by Crippen LogP contribution is -2.14. The molecule has 0 saturated carbocycles. The van der Waals surface area contributed by atoms with E-state index in [0.717, 1.165) is 5.30 Å². The molecule has 0 saturated heterocycles. The molecule has 1 aromatic carbocycles. The fourth-order valence-electron chi connectivity index (χ4n) is 1.05. The van der Waals surface area contributed by atoms with E-state index in [-0.39, 0.29) is 10.9 Å². The fraction of sp³-hybridized carbons (Fsp3) is 0.400. The van der Waals surface area contributed by atoms with Gasteiger partial charge in [0.25, 0.3) is 0 Å². The Morgan fingerprint density at radius 2 is 1.62 bits per heavy atom. The van der Waals surface area contributed by atoms with Gasteiger partial charge in [0.1, 0.15) is 13.6 Å². The van der Waals surface area contributed by atoms with Crippen LogP contribution < -0.4 is 5.30 Å². The molecule has 0 amide bonds. The molecule has 1 atom stereocenters. The summed E-state index contributed by atoms with van der Waals surface area (Å²) < 4.78 is 11.9. The zero-order valence-corrected chi connectivity index (χ0v) is 9.16. The van der Waals surface area contributed by atoms with Gasteiger partial charge in [-0.3, -0.25) is 0 Å². The van der Waals surface area contributed by atoms with Crippen LogP contribution in [0, 0.1) is 0 Å². The Labute approximate surface area is 79.4 Å². The monoisotopic (exact) mass is 198 g/mol. The van der Waals surface area contributed by atoms with Crippen LogP contribution in [0.25, 0.3) is 0 Å². The molecule has 0 radical (unpaired) electrons. The van der Waals surface area contributed by atoms with Gasteiger partial charge in [-0.1, -0.05) is 20.8 Å². The lowest BCUT2D eigenvalue weighted by molar-refractivity contribution is 0.475. The van der Waals surface area contributed by atoms with Gasteiger partial charge < -0.3 is 9.67 Å². The van der Waals surface area contributed by atoms with Gasteiger partial charge in [0.2, 0.25) is 0 Å². The van der Waals surface area contributed by atoms with Crippen LogP contribution in [0.3, 0.4) is 0 Å². The molecular weight excluding hydrogens is 183 g/mol. The lowest BCUT2D eigenvalue weighted by Gasteiger charge is -2.17. The molecular formula is C10H15O2P. The summed E-state index contributed by atoms with van der Waals surface area (Å²) in [4.78, 5) is 0. The first-order valence-corrected chi connectivity index (χ1v) is 5.66. The Morgan fingerprint density at radius 3 is 2.00 bits per heavy atom. The fourth-order valence-corrected chi connectivity index (χ4v) is 2.38. The minimum Gasteiger partial charge on any atom is -0.508 e. The molecule has 0 heterocycles. The van der Waals surface area contributed by atoms with Crippen LogP contribution in [0.2, 0.25) is 0 Å². The van der Waals surface area contributed by atoms with Crippen molar-refractivity contribution in [2.45, 2.75) is 25.9 Å². The molecule has 0 aromatic heterocycles. The Balaban J connectivity index is 2.97. The van der Waals surface area contributed by atoms with Gasteiger partial charge in [0.15, 0.2) is 0 Å². The van der Waals surface area contributed by atoms with Crippen LogP contribution >= 0.6 is 7.80 Å². The first kappa shape index (κ1) is 10.3. The van der Waals surface area contributed by atoms with E-state index in [1.165, 1.54) is 0 Å². The molecule has 3 heteroatoms. The third kappa shape index (κ3) is 2.60. The highest BCUT2D eigenvalue weighted by Crippen LogP contribution is 2.37. The number of phenols is 1. The van der Waals surface area contributed by atoms with Crippen molar-refractivity contribution in [3.8, 4) is 5.75 Å². The van der Waals surface area contributed by atoms with E-state index < -0.39 is 7.80 Å². The number of benzene rings is 1. The van der Waals surface area contributed by atoms with E-state index in [1.54, 1.807) is 24.3 Å². The molecule has 0 aliphatic rings. The van der Waals surface area contributed by atoms with E-state index >= 15 is 0 Å². The highest BCUT2D eigenvalue weighted by molar-refractivity contribution is 7.55. The van der Waals surface area contributed by atoms with Crippen LogP contribution in [-0.2, 0) is 4.57 Å². The number of hydrogen-bond acceptors (Lipinski definition) is 2. The topological polar surface area (TPSA) is 37.3 Å². The molecule has 2 nitrogen and oxygen atoms in total. The first-order chi connectivity index (χ1) is 5.91. The maximum atomic E-state index is 11.9. The molecule has 13 heavy (non-hydrogen) atoms. The van der Waals surface area contributed by atoms with Crippen molar-refractivity contribution in [1.29, 1.82) is 0 Å². The van der Waals surface area contributed by atoms with E-state index in [9.17, 15) is 4.57 Å². The van der Waals surface area contributed by atoms with Gasteiger partial charge in [-0.25, -0.2) is 0 Å². The van der Waals surface area contributed by atoms with Gasteiger partial charge in [-0.15, -0.1) is 0 Å². The van der Waals surface area contributed by atoms with Crippen LogP contribution in [0.1, 0.15) is 20.8 Å². The van der Waals surface area contributed by atoms with E-state index in [2.05, 4.69) is 0 Å². The molecule has 0 fully saturated rings. The first-order valence-electron chi connectivity index (χ1n) is 4.25. The average Bonchev–Trinajstić information content (AvgIpc) is 2.03. The van der Waals surface area contributed by atoms with Crippen LogP contribution in [0.15, 0.2) is 24.3 Å². The SMILES string of the molecule is CC(C)(C)[PH](=O)c1ccc(O)cc1. The summed E-state index contributed by atoms with van der Waals surface area (Å²) in [6.45, 7) is 5.88. The summed E-state index contributed by atoms with van der Waals surface area (Å²) in [5.74, 6) is 0.215. The largest absolute Gasteiger partial charge is 0.508 e. The highest BCUT2D eigenvalue weighted by atomic mass is 31.1. The lowest BCUT2D eigenvalue weighted by atomic mass is 10.3. The maximum Gasteiger partial charge on any atom is 0.115 e. The summed E-state index contributed by atoms with van der Waals surface area (Å²) in [7, 11) is -1.76. The second-order valence-electron chi connectivity index (χ2n) is 4.13. The highest BCUT2D eigenvalue weighted by Gasteiger charge is 2.20. The van der Waals surface area contributed by atoms with Crippen molar-refractivity contribution in [2.75, 3.05) is 0 Å². The van der Waals surface area contributed by atoms with Crippen LogP contribution in [-0.4, -0.2) is 10.3 Å². The Bertz CT molecular complexity index is 309. The summed E-state index contributed by atoms with van der Waals surface area (Å²) in [6, 6.07) is 6.59. The summed E-state index contributed by atoms with van der Waals surface area (Å²) >= 11 is 0. The molecule has 1 rings (SSSR count). The van der Waals surface area contributed by atoms with Crippen molar-refractivity contribution < 1.29 is 9.67 Å². The Kier molecular flexibility index (Phi) is 2.82. The van der Waals surface area contributed by atoms with E-state index in [4.69, 9.17) is 5.11 Å². The van der Waals surface area contributed by atoms with Crippen LogP contribution in [0.5, 0.6) is 5.75 Å². The van der Waals surface area contributed by atoms with Crippen molar-refractivity contribution in [1.82, 2.24) is 0 Å². The number of rotatable bonds is 1. The van der Waals surface area contributed by atoms with E-state index in [0.29, 0.717) is 0 Å². The molecule has 72 valence electrons. The molecule has 0 bridgehead atoms. The molecule has 0 spiro atoms. The Hall–Kier alpha value is -0.750. The Morgan fingerprint density at radius 1 is 1.15 bits per heavy atom. The second-order valence-corrected chi connectivity index (χ2v) is 6.86. The number of phenolic OH excluding ortho intramolecular Hbond substituents is 1. The third-order valence-corrected chi connectivity index (χ3v) is 4.03. The molecule has 1 unspecified atom stereocenters. The molecule has 0 aliphatic carbocycles. The smallest absolute Gasteiger partial charge is 0.115 e. The van der Waals surface area contributed by atoms with E-state index in [1.807, 2.05) is 20.8 Å². The molecule has 0 aliphatic heterocycles. The zero-order chi connectivity index (χ0) is 10.1. The summed E-state index contributed by atoms with van der Waals surface area (Å²) in [6.07, 6.45) is 0. The molecule has 1 aromatic rings. The van der Waals surface area contributed by atoms with Crippen LogP contribution in [0.4, 0.5) is 0 Å². The van der Waals surface area contributed by atoms with Gasteiger partial charge in [0.05, 0.1) is 0 Å². The maximum absolute atomic E-state index is 11.9. The van der Waals surface area contributed by atoms with Gasteiger partial charge in [-0.05, 0) is 24.3 Å². The van der Waals surface area contributed by atoms with Crippen molar-refractivity contribution >= 4 is 13.1 Å². The summed E-state index contributed by atoms with van der Waals surface area (Å²) in [5.41, 5.74) is 0. The second kappa shape index (κ2) is 3.55. The van der Waals surface area contributed by atoms with Gasteiger partial charge >= 0.3 is 0 Å². The van der Waals surface area contributed by atoms with Crippen molar-refractivity contribution in [3.63, 3.8) is 0 Å². The van der Waals surface area contributed by atoms with Crippen molar-refractivity contribution in [2.24, 2.45) is 0 Å². The standard InChI is InChI=1S/C10H15O2P/c1-10(2,3)13(12)9-6-4-8(11)5-7-9/h4-7,11,13H,1-3H3. The third-order valence-electron chi connectivity index (χ3n) is 1.81. The minimum atomic E-state index is -1.76. The zero-order valence-electron chi connectivity index (χ0n) is 8.16. The molecule has 1 N–H and O–H groups in total. The quantitative estimate of drug-likeness (QED) is 0.703. The predicted molar refractivity (Wildman–Crippen MR) is 56.5 cm³/mol. The predicted octanol–water partition coefficient (Wildman–Crippen LogP) is 2.38. The average molecular weight is 198 g/mol. The number of aromatic hydroxyl groups is 1. The number of hydrogen-bond donors (Lipinski definition) is 1. The van der Waals surface area contributed by atoms with Gasteiger partial charge in [-0.2, -0.15) is 0 Å².